The number of hydrogen-bond donors (Lipinski definition) is 1. The zero-order valence-electron chi connectivity index (χ0n) is 13.4. The van der Waals surface area contributed by atoms with Crippen molar-refractivity contribution in [2.75, 3.05) is 12.4 Å². The van der Waals surface area contributed by atoms with Crippen LogP contribution < -0.4 is 10.1 Å². The average molecular weight is 338 g/mol. The molecule has 0 aliphatic heterocycles. The lowest BCUT2D eigenvalue weighted by molar-refractivity contribution is -0.126. The number of nitriles is 1. The first-order valence-electron chi connectivity index (χ1n) is 7.36. The highest BCUT2D eigenvalue weighted by molar-refractivity contribution is 6.14. The molecule has 0 aliphatic carbocycles. The minimum Gasteiger partial charge on any atom is -0.496 e. The van der Waals surface area contributed by atoms with E-state index < -0.39 is 23.4 Å². The number of benzene rings is 2. The minimum atomic E-state index is -1.50. The summed E-state index contributed by atoms with van der Waals surface area (Å²) >= 11 is 0. The van der Waals surface area contributed by atoms with Crippen LogP contribution in [-0.4, -0.2) is 18.8 Å². The van der Waals surface area contributed by atoms with E-state index in [4.69, 9.17) is 10.00 Å². The highest BCUT2D eigenvalue weighted by Crippen LogP contribution is 2.19. The van der Waals surface area contributed by atoms with Crippen LogP contribution in [0.25, 0.3) is 6.08 Å². The normalized spacial score (nSPS) is 11.6. The molecule has 2 aromatic carbocycles. The number of carbonyl (C=O) groups excluding carboxylic acids is 2. The lowest BCUT2D eigenvalue weighted by Gasteiger charge is -2.08. The summed E-state index contributed by atoms with van der Waals surface area (Å²) in [5.41, 5.74) is 0.946. The van der Waals surface area contributed by atoms with Gasteiger partial charge < -0.3 is 10.1 Å². The van der Waals surface area contributed by atoms with Crippen LogP contribution in [0, 0.1) is 23.1 Å². The molecule has 1 N–H and O–H groups in total. The second-order valence-electron chi connectivity index (χ2n) is 5.04. The minimum absolute atomic E-state index is 0.299. The monoisotopic (exact) mass is 338 g/mol. The van der Waals surface area contributed by atoms with Crippen LogP contribution in [0.1, 0.15) is 5.56 Å². The van der Waals surface area contributed by atoms with Crippen molar-refractivity contribution < 1.29 is 18.7 Å². The smallest absolute Gasteiger partial charge is 0.249 e. The standard InChI is InChI=1S/C19H15FN2O3/c1-25-18-5-3-2-4-13(18)6-11-17(23)16(12-21)19(24)22-15-9-7-14(20)8-10-15/h2-11,16H,1H3,(H,22,24)/b11-6-/t16-/m0/s1. The van der Waals surface area contributed by atoms with E-state index in [1.165, 1.54) is 37.5 Å². The van der Waals surface area contributed by atoms with Gasteiger partial charge in [0, 0.05) is 11.3 Å². The molecule has 0 saturated carbocycles. The number of rotatable bonds is 6. The number of anilines is 1. The molecule has 25 heavy (non-hydrogen) atoms. The second kappa shape index (κ2) is 8.41. The summed E-state index contributed by atoms with van der Waals surface area (Å²) < 4.78 is 18.0. The molecular weight excluding hydrogens is 323 g/mol. The fraction of sp³-hybridized carbons (Fsp3) is 0.105. The van der Waals surface area contributed by atoms with Crippen molar-refractivity contribution in [3.63, 3.8) is 0 Å². The van der Waals surface area contributed by atoms with E-state index in [1.807, 2.05) is 0 Å². The highest BCUT2D eigenvalue weighted by atomic mass is 19.1. The molecule has 2 aromatic rings. The maximum Gasteiger partial charge on any atom is 0.249 e. The molecule has 0 radical (unpaired) electrons. The first-order chi connectivity index (χ1) is 12.0. The van der Waals surface area contributed by atoms with Gasteiger partial charge in [-0.05, 0) is 42.5 Å². The zero-order chi connectivity index (χ0) is 18.2. The molecular formula is C19H15FN2O3. The fourth-order valence-electron chi connectivity index (χ4n) is 2.07. The van der Waals surface area contributed by atoms with Crippen molar-refractivity contribution in [1.29, 1.82) is 5.26 Å². The summed E-state index contributed by atoms with van der Waals surface area (Å²) in [6, 6.07) is 13.7. The third-order valence-electron chi connectivity index (χ3n) is 3.35. The molecule has 1 amide bonds. The molecule has 0 aromatic heterocycles. The quantitative estimate of drug-likeness (QED) is 0.648. The Hall–Kier alpha value is -3.46. The molecule has 0 heterocycles. The molecule has 0 spiro atoms. The number of hydrogen-bond acceptors (Lipinski definition) is 4. The van der Waals surface area contributed by atoms with Crippen molar-refractivity contribution in [2.24, 2.45) is 5.92 Å². The molecule has 0 bridgehead atoms. The number of nitrogens with zero attached hydrogens (tertiary/aromatic N) is 1. The second-order valence-corrected chi connectivity index (χ2v) is 5.04. The van der Waals surface area contributed by atoms with E-state index in [2.05, 4.69) is 5.32 Å². The topological polar surface area (TPSA) is 79.2 Å². The van der Waals surface area contributed by atoms with E-state index in [-0.39, 0.29) is 0 Å². The van der Waals surface area contributed by atoms with Gasteiger partial charge in [-0.1, -0.05) is 18.2 Å². The Bertz CT molecular complexity index is 838. The van der Waals surface area contributed by atoms with E-state index in [0.717, 1.165) is 6.08 Å². The number of ether oxygens (including phenoxy) is 1. The first kappa shape index (κ1) is 17.9. The van der Waals surface area contributed by atoms with Crippen LogP contribution in [0.2, 0.25) is 0 Å². The number of para-hydroxylation sites is 1. The van der Waals surface area contributed by atoms with Gasteiger partial charge in [0.15, 0.2) is 11.7 Å². The van der Waals surface area contributed by atoms with E-state index in [1.54, 1.807) is 30.3 Å². The van der Waals surface area contributed by atoms with E-state index in [9.17, 15) is 14.0 Å². The summed E-state index contributed by atoms with van der Waals surface area (Å²) in [7, 11) is 1.50. The van der Waals surface area contributed by atoms with Crippen LogP contribution >= 0.6 is 0 Å². The zero-order valence-corrected chi connectivity index (χ0v) is 13.4. The number of ketones is 1. The highest BCUT2D eigenvalue weighted by Gasteiger charge is 2.24. The fourth-order valence-corrected chi connectivity index (χ4v) is 2.07. The molecule has 0 fully saturated rings. The predicted octanol–water partition coefficient (Wildman–Crippen LogP) is 3.20. The molecule has 5 nitrogen and oxygen atoms in total. The van der Waals surface area contributed by atoms with Gasteiger partial charge in [-0.2, -0.15) is 5.26 Å². The van der Waals surface area contributed by atoms with Gasteiger partial charge in [0.2, 0.25) is 5.91 Å². The number of amides is 1. The number of carbonyl (C=O) groups is 2. The van der Waals surface area contributed by atoms with Crippen LogP contribution in [-0.2, 0) is 9.59 Å². The number of allylic oxidation sites excluding steroid dienone is 1. The Kier molecular flexibility index (Phi) is 6.02. The molecule has 126 valence electrons. The van der Waals surface area contributed by atoms with Gasteiger partial charge in [-0.3, -0.25) is 9.59 Å². The lowest BCUT2D eigenvalue weighted by atomic mass is 10.0. The van der Waals surface area contributed by atoms with Crippen LogP contribution in [0.15, 0.2) is 54.6 Å². The van der Waals surface area contributed by atoms with Crippen molar-refractivity contribution in [1.82, 2.24) is 0 Å². The third-order valence-corrected chi connectivity index (χ3v) is 3.35. The summed E-state index contributed by atoms with van der Waals surface area (Å²) in [4.78, 5) is 24.3. The molecule has 0 unspecified atom stereocenters. The molecule has 6 heteroatoms. The summed E-state index contributed by atoms with van der Waals surface area (Å²) in [5.74, 6) is -2.82. The average Bonchev–Trinajstić information content (AvgIpc) is 2.62. The van der Waals surface area contributed by atoms with Gasteiger partial charge in [-0.15, -0.1) is 0 Å². The first-order valence-corrected chi connectivity index (χ1v) is 7.36. The summed E-state index contributed by atoms with van der Waals surface area (Å²) in [6.07, 6.45) is 2.65. The Morgan fingerprint density at radius 2 is 1.88 bits per heavy atom. The van der Waals surface area contributed by atoms with Gasteiger partial charge in [0.05, 0.1) is 13.2 Å². The third kappa shape index (κ3) is 4.75. The lowest BCUT2D eigenvalue weighted by Crippen LogP contribution is -2.27. The number of methoxy groups -OCH3 is 1. The Labute approximate surface area is 144 Å². The Morgan fingerprint density at radius 3 is 2.52 bits per heavy atom. The van der Waals surface area contributed by atoms with E-state index in [0.29, 0.717) is 17.0 Å². The predicted molar refractivity (Wildman–Crippen MR) is 91.2 cm³/mol. The summed E-state index contributed by atoms with van der Waals surface area (Å²) in [5, 5.41) is 11.6. The van der Waals surface area contributed by atoms with E-state index >= 15 is 0 Å². The van der Waals surface area contributed by atoms with Crippen molar-refractivity contribution in [2.45, 2.75) is 0 Å². The van der Waals surface area contributed by atoms with Gasteiger partial charge >= 0.3 is 0 Å². The molecule has 0 saturated heterocycles. The van der Waals surface area contributed by atoms with Crippen molar-refractivity contribution >= 4 is 23.5 Å². The van der Waals surface area contributed by atoms with Gasteiger partial charge in [-0.25, -0.2) is 4.39 Å². The van der Waals surface area contributed by atoms with Crippen molar-refractivity contribution in [3.8, 4) is 11.8 Å². The van der Waals surface area contributed by atoms with Gasteiger partial charge in [0.1, 0.15) is 11.6 Å². The number of halogens is 1. The molecule has 1 atom stereocenters. The van der Waals surface area contributed by atoms with Crippen LogP contribution in [0.5, 0.6) is 5.75 Å². The summed E-state index contributed by atoms with van der Waals surface area (Å²) in [6.45, 7) is 0. The van der Waals surface area contributed by atoms with Gasteiger partial charge in [0.25, 0.3) is 0 Å². The largest absolute Gasteiger partial charge is 0.496 e. The maximum atomic E-state index is 12.9. The Balaban J connectivity index is 2.10. The molecule has 2 rings (SSSR count). The van der Waals surface area contributed by atoms with Crippen LogP contribution in [0.4, 0.5) is 10.1 Å². The maximum absolute atomic E-state index is 12.9. The number of nitrogens with one attached hydrogen (secondary N) is 1. The SMILES string of the molecule is COc1ccccc1/C=C\C(=O)[C@H](C#N)C(=O)Nc1ccc(F)cc1. The van der Waals surface area contributed by atoms with Crippen LogP contribution in [0.3, 0.4) is 0 Å². The van der Waals surface area contributed by atoms with Crippen molar-refractivity contribution in [3.05, 3.63) is 66.0 Å². The molecule has 0 aliphatic rings. The Morgan fingerprint density at radius 1 is 1.20 bits per heavy atom.